The molecule has 0 fully saturated rings. The molecular weight excluding hydrogens is 270 g/mol. The lowest BCUT2D eigenvalue weighted by Gasteiger charge is -2.04. The zero-order chi connectivity index (χ0) is 14.8. The topological polar surface area (TPSA) is 88.0 Å². The molecular formula is C15H13N3O3. The molecule has 0 saturated heterocycles. The van der Waals surface area contributed by atoms with Crippen molar-refractivity contribution < 1.29 is 9.21 Å². The lowest BCUT2D eigenvalue weighted by atomic mass is 10.2. The molecule has 2 aromatic heterocycles. The van der Waals surface area contributed by atoms with Crippen LogP contribution in [-0.2, 0) is 6.42 Å². The Labute approximate surface area is 119 Å². The predicted molar refractivity (Wildman–Crippen MR) is 78.4 cm³/mol. The largest absolute Gasteiger partial charge is 0.441 e. The second-order valence-electron chi connectivity index (χ2n) is 4.53. The van der Waals surface area contributed by atoms with E-state index in [9.17, 15) is 9.59 Å². The Bertz CT molecular complexity index is 864. The quantitative estimate of drug-likeness (QED) is 0.772. The van der Waals surface area contributed by atoms with E-state index in [1.54, 1.807) is 24.3 Å². The van der Waals surface area contributed by atoms with E-state index >= 15 is 0 Å². The highest BCUT2D eigenvalue weighted by atomic mass is 16.3. The maximum atomic E-state index is 12.0. The Hall–Kier alpha value is -2.89. The van der Waals surface area contributed by atoms with Gasteiger partial charge in [0.25, 0.3) is 5.91 Å². The molecule has 2 N–H and O–H groups in total. The predicted octanol–water partition coefficient (Wildman–Crippen LogP) is 2.33. The number of aromatic amines is 1. The van der Waals surface area contributed by atoms with Gasteiger partial charge in [0.15, 0.2) is 11.5 Å². The number of pyridine rings is 1. The van der Waals surface area contributed by atoms with Crippen molar-refractivity contribution in [3.63, 3.8) is 0 Å². The molecule has 0 aliphatic carbocycles. The molecule has 0 radical (unpaired) electrons. The minimum Gasteiger partial charge on any atom is -0.441 e. The molecule has 21 heavy (non-hydrogen) atoms. The third-order valence-corrected chi connectivity index (χ3v) is 3.01. The van der Waals surface area contributed by atoms with Crippen LogP contribution in [0.4, 0.5) is 5.69 Å². The van der Waals surface area contributed by atoms with Gasteiger partial charge in [-0.15, -0.1) is 0 Å². The summed E-state index contributed by atoms with van der Waals surface area (Å²) in [6, 6.07) is 9.64. The average molecular weight is 283 g/mol. The third-order valence-electron chi connectivity index (χ3n) is 3.01. The van der Waals surface area contributed by atoms with Crippen molar-refractivity contribution in [2.24, 2.45) is 0 Å². The third kappa shape index (κ3) is 2.69. The first-order valence-corrected chi connectivity index (χ1v) is 6.56. The van der Waals surface area contributed by atoms with Gasteiger partial charge in [0.05, 0.1) is 0 Å². The highest BCUT2D eigenvalue weighted by molar-refractivity contribution is 6.03. The first kappa shape index (κ1) is 13.1. The Morgan fingerprint density at radius 2 is 2.19 bits per heavy atom. The van der Waals surface area contributed by atoms with Crippen molar-refractivity contribution in [3.05, 3.63) is 58.3 Å². The standard InChI is InChI=1S/C15H13N3O3/c1-2-14-18-11-8-9(6-7-12(11)21-14)16-15(20)10-4-3-5-13(19)17-10/h3-8H,2H2,1H3,(H,16,20)(H,17,19). The highest BCUT2D eigenvalue weighted by Crippen LogP contribution is 2.20. The molecule has 1 aromatic carbocycles. The van der Waals surface area contributed by atoms with Gasteiger partial charge in [-0.2, -0.15) is 0 Å². The fourth-order valence-corrected chi connectivity index (χ4v) is 1.98. The van der Waals surface area contributed by atoms with Crippen LogP contribution >= 0.6 is 0 Å². The molecule has 0 saturated carbocycles. The summed E-state index contributed by atoms with van der Waals surface area (Å²) in [6.45, 7) is 1.96. The van der Waals surface area contributed by atoms with Crippen molar-refractivity contribution >= 4 is 22.7 Å². The first-order chi connectivity index (χ1) is 10.2. The Balaban J connectivity index is 1.87. The number of anilines is 1. The van der Waals surface area contributed by atoms with Crippen LogP contribution in [-0.4, -0.2) is 15.9 Å². The number of nitrogens with zero attached hydrogens (tertiary/aromatic N) is 1. The van der Waals surface area contributed by atoms with E-state index < -0.39 is 0 Å². The van der Waals surface area contributed by atoms with Gasteiger partial charge in [0.2, 0.25) is 5.56 Å². The second-order valence-corrected chi connectivity index (χ2v) is 4.53. The van der Waals surface area contributed by atoms with Crippen molar-refractivity contribution in [2.75, 3.05) is 5.32 Å². The molecule has 0 unspecified atom stereocenters. The molecule has 3 aromatic rings. The van der Waals surface area contributed by atoms with Crippen LogP contribution in [0.25, 0.3) is 11.1 Å². The van der Waals surface area contributed by atoms with E-state index in [0.29, 0.717) is 29.1 Å². The van der Waals surface area contributed by atoms with E-state index in [4.69, 9.17) is 4.42 Å². The zero-order valence-corrected chi connectivity index (χ0v) is 11.3. The molecule has 0 aliphatic rings. The minimum absolute atomic E-state index is 0.206. The summed E-state index contributed by atoms with van der Waals surface area (Å²) in [4.78, 5) is 30.0. The number of fused-ring (bicyclic) bond motifs is 1. The van der Waals surface area contributed by atoms with Crippen LogP contribution in [0.3, 0.4) is 0 Å². The normalized spacial score (nSPS) is 10.7. The summed E-state index contributed by atoms with van der Waals surface area (Å²) in [5.41, 5.74) is 1.84. The average Bonchev–Trinajstić information content (AvgIpc) is 2.89. The Morgan fingerprint density at radius 3 is 2.95 bits per heavy atom. The van der Waals surface area contributed by atoms with Gasteiger partial charge in [0, 0.05) is 18.2 Å². The summed E-state index contributed by atoms with van der Waals surface area (Å²) < 4.78 is 5.51. The van der Waals surface area contributed by atoms with Crippen molar-refractivity contribution in [1.29, 1.82) is 0 Å². The molecule has 0 bridgehead atoms. The number of aryl methyl sites for hydroxylation is 1. The van der Waals surface area contributed by atoms with Gasteiger partial charge < -0.3 is 14.7 Å². The first-order valence-electron chi connectivity index (χ1n) is 6.56. The maximum absolute atomic E-state index is 12.0. The molecule has 3 rings (SSSR count). The number of H-pyrrole nitrogens is 1. The van der Waals surface area contributed by atoms with E-state index in [-0.39, 0.29) is 17.2 Å². The fourth-order valence-electron chi connectivity index (χ4n) is 1.98. The molecule has 0 atom stereocenters. The number of carbonyl (C=O) groups is 1. The van der Waals surface area contributed by atoms with Gasteiger partial charge >= 0.3 is 0 Å². The van der Waals surface area contributed by atoms with Crippen LogP contribution in [0.1, 0.15) is 23.3 Å². The smallest absolute Gasteiger partial charge is 0.272 e. The number of hydrogen-bond donors (Lipinski definition) is 2. The van der Waals surface area contributed by atoms with E-state index in [1.807, 2.05) is 6.92 Å². The molecule has 2 heterocycles. The molecule has 1 amide bonds. The highest BCUT2D eigenvalue weighted by Gasteiger charge is 2.09. The molecule has 106 valence electrons. The van der Waals surface area contributed by atoms with Crippen molar-refractivity contribution in [3.8, 4) is 0 Å². The summed E-state index contributed by atoms with van der Waals surface area (Å²) in [6.07, 6.45) is 0.710. The number of carbonyl (C=O) groups excluding carboxylic acids is 1. The summed E-state index contributed by atoms with van der Waals surface area (Å²) in [5.74, 6) is 0.270. The monoisotopic (exact) mass is 283 g/mol. The second kappa shape index (κ2) is 5.24. The van der Waals surface area contributed by atoms with Gasteiger partial charge in [-0.05, 0) is 24.3 Å². The van der Waals surface area contributed by atoms with Crippen LogP contribution in [0.15, 0.2) is 45.6 Å². The lowest BCUT2D eigenvalue weighted by molar-refractivity contribution is 0.102. The Morgan fingerprint density at radius 1 is 1.33 bits per heavy atom. The van der Waals surface area contributed by atoms with Crippen LogP contribution in [0.2, 0.25) is 0 Å². The summed E-state index contributed by atoms with van der Waals surface area (Å²) >= 11 is 0. The number of benzene rings is 1. The number of oxazole rings is 1. The van der Waals surface area contributed by atoms with Gasteiger partial charge in [-0.1, -0.05) is 13.0 Å². The number of rotatable bonds is 3. The number of nitrogens with one attached hydrogen (secondary N) is 2. The number of aromatic nitrogens is 2. The molecule has 6 nitrogen and oxygen atoms in total. The molecule has 6 heteroatoms. The van der Waals surface area contributed by atoms with Gasteiger partial charge in [0.1, 0.15) is 11.2 Å². The molecule has 0 aliphatic heterocycles. The summed E-state index contributed by atoms with van der Waals surface area (Å²) in [7, 11) is 0. The van der Waals surface area contributed by atoms with E-state index in [0.717, 1.165) is 0 Å². The number of hydrogen-bond acceptors (Lipinski definition) is 4. The van der Waals surface area contributed by atoms with Crippen molar-refractivity contribution in [1.82, 2.24) is 9.97 Å². The fraction of sp³-hybridized carbons (Fsp3) is 0.133. The van der Waals surface area contributed by atoms with Crippen LogP contribution in [0.5, 0.6) is 0 Å². The molecule has 0 spiro atoms. The van der Waals surface area contributed by atoms with E-state index in [1.165, 1.54) is 12.1 Å². The van der Waals surface area contributed by atoms with Gasteiger partial charge in [-0.25, -0.2) is 4.98 Å². The number of amides is 1. The maximum Gasteiger partial charge on any atom is 0.272 e. The van der Waals surface area contributed by atoms with Crippen LogP contribution < -0.4 is 10.9 Å². The SMILES string of the molecule is CCc1nc2cc(NC(=O)c3cccc(=O)[nH]3)ccc2o1. The van der Waals surface area contributed by atoms with Crippen molar-refractivity contribution in [2.45, 2.75) is 13.3 Å². The Kier molecular flexibility index (Phi) is 3.27. The lowest BCUT2D eigenvalue weighted by Crippen LogP contribution is -2.17. The zero-order valence-electron chi connectivity index (χ0n) is 11.3. The minimum atomic E-state index is -0.383. The summed E-state index contributed by atoms with van der Waals surface area (Å²) in [5, 5.41) is 2.71. The van der Waals surface area contributed by atoms with E-state index in [2.05, 4.69) is 15.3 Å². The van der Waals surface area contributed by atoms with Gasteiger partial charge in [-0.3, -0.25) is 9.59 Å². The van der Waals surface area contributed by atoms with Crippen LogP contribution in [0, 0.1) is 0 Å².